The van der Waals surface area contributed by atoms with Gasteiger partial charge in [0.2, 0.25) is 0 Å². The standard InChI is InChI=1S/C15H15BF2N6/c1-10-7-11(2)24(16(17)18)14(10)8-13-4-3-12(21-13)5-6-15-22-19-9-20-23-15/h3-4,7-9H,5-6H2,1-2H3/b13-8-. The first-order valence-corrected chi connectivity index (χ1v) is 7.48. The fraction of sp³-hybridized carbons (Fsp3) is 0.267. The van der Waals surface area contributed by atoms with Gasteiger partial charge in [0.25, 0.3) is 0 Å². The molecule has 0 atom stereocenters. The van der Waals surface area contributed by atoms with Crippen LogP contribution in [0.1, 0.15) is 29.2 Å². The lowest BCUT2D eigenvalue weighted by atomic mass is 10.1. The van der Waals surface area contributed by atoms with Crippen LogP contribution in [0.5, 0.6) is 0 Å². The van der Waals surface area contributed by atoms with Gasteiger partial charge in [-0.25, -0.2) is 0 Å². The highest BCUT2D eigenvalue weighted by Gasteiger charge is 2.23. The molecular weight excluding hydrogens is 313 g/mol. The number of aromatic nitrogens is 5. The third-order valence-corrected chi connectivity index (χ3v) is 3.72. The molecule has 0 saturated carbocycles. The van der Waals surface area contributed by atoms with Crippen LogP contribution < -0.4 is 0 Å². The number of allylic oxidation sites excluding steroid dienone is 2. The van der Waals surface area contributed by atoms with Crippen LogP contribution in [-0.4, -0.2) is 38.0 Å². The summed E-state index contributed by atoms with van der Waals surface area (Å²) in [5, 5.41) is 15.1. The molecule has 0 spiro atoms. The number of hydrogen-bond donors (Lipinski definition) is 0. The van der Waals surface area contributed by atoms with Gasteiger partial charge in [0.1, 0.15) is 0 Å². The predicted octanol–water partition coefficient (Wildman–Crippen LogP) is 2.44. The molecule has 0 N–H and O–H groups in total. The number of aryl methyl sites for hydroxylation is 3. The molecule has 122 valence electrons. The number of rotatable bonds is 5. The first-order chi connectivity index (χ1) is 11.5. The van der Waals surface area contributed by atoms with Crippen molar-refractivity contribution in [2.75, 3.05) is 0 Å². The van der Waals surface area contributed by atoms with Crippen LogP contribution >= 0.6 is 0 Å². The van der Waals surface area contributed by atoms with Crippen molar-refractivity contribution in [3.8, 4) is 0 Å². The average Bonchev–Trinajstić information content (AvgIpc) is 3.11. The molecule has 0 fully saturated rings. The molecule has 0 radical (unpaired) electrons. The van der Waals surface area contributed by atoms with E-state index in [1.165, 1.54) is 6.33 Å². The van der Waals surface area contributed by atoms with Gasteiger partial charge in [-0.3, -0.25) is 13.6 Å². The Morgan fingerprint density at radius 2 is 1.88 bits per heavy atom. The lowest BCUT2D eigenvalue weighted by Crippen LogP contribution is -2.16. The van der Waals surface area contributed by atoms with Gasteiger partial charge >= 0.3 is 7.40 Å². The van der Waals surface area contributed by atoms with E-state index >= 15 is 0 Å². The van der Waals surface area contributed by atoms with Gasteiger partial charge in [0, 0.05) is 23.5 Å². The fourth-order valence-electron chi connectivity index (χ4n) is 2.63. The molecule has 1 aliphatic heterocycles. The second-order valence-electron chi connectivity index (χ2n) is 5.47. The predicted molar refractivity (Wildman–Crippen MR) is 87.8 cm³/mol. The van der Waals surface area contributed by atoms with Crippen molar-refractivity contribution >= 4 is 19.2 Å². The minimum atomic E-state index is -2.57. The van der Waals surface area contributed by atoms with Crippen molar-refractivity contribution in [3.05, 3.63) is 53.0 Å². The second-order valence-corrected chi connectivity index (χ2v) is 5.47. The molecule has 3 rings (SSSR count). The Balaban J connectivity index is 1.77. The molecular formula is C15H15BF2N6. The summed E-state index contributed by atoms with van der Waals surface area (Å²) < 4.78 is 27.4. The molecule has 0 saturated heterocycles. The van der Waals surface area contributed by atoms with Crippen molar-refractivity contribution in [1.29, 1.82) is 0 Å². The van der Waals surface area contributed by atoms with Gasteiger partial charge in [-0.05, 0) is 50.1 Å². The van der Waals surface area contributed by atoms with E-state index in [-0.39, 0.29) is 0 Å². The van der Waals surface area contributed by atoms with Crippen molar-refractivity contribution in [1.82, 2.24) is 24.9 Å². The van der Waals surface area contributed by atoms with Crippen molar-refractivity contribution < 1.29 is 8.63 Å². The van der Waals surface area contributed by atoms with E-state index in [2.05, 4.69) is 25.4 Å². The summed E-state index contributed by atoms with van der Waals surface area (Å²) in [6.07, 6.45) is 7.85. The Morgan fingerprint density at radius 3 is 2.58 bits per heavy atom. The maximum atomic E-state index is 13.2. The molecule has 1 aliphatic rings. The monoisotopic (exact) mass is 328 g/mol. The zero-order valence-corrected chi connectivity index (χ0v) is 13.3. The molecule has 24 heavy (non-hydrogen) atoms. The van der Waals surface area contributed by atoms with E-state index in [9.17, 15) is 8.63 Å². The molecule has 3 heterocycles. The zero-order valence-electron chi connectivity index (χ0n) is 13.3. The Labute approximate surface area is 138 Å². The summed E-state index contributed by atoms with van der Waals surface area (Å²) in [6.45, 7) is 3.48. The van der Waals surface area contributed by atoms with Gasteiger partial charge in [0.05, 0.1) is 5.70 Å². The SMILES string of the molecule is Cc1cc(C)n(B(F)F)c1/C=C1/C=CC(CCc2nncnn2)=N1. The summed E-state index contributed by atoms with van der Waals surface area (Å²) in [4.78, 5) is 4.46. The van der Waals surface area contributed by atoms with Gasteiger partial charge in [0.15, 0.2) is 12.2 Å². The van der Waals surface area contributed by atoms with E-state index in [0.29, 0.717) is 35.8 Å². The Kier molecular flexibility index (Phi) is 4.59. The van der Waals surface area contributed by atoms with E-state index in [1.54, 1.807) is 19.1 Å². The van der Waals surface area contributed by atoms with Crippen molar-refractivity contribution in [2.45, 2.75) is 26.7 Å². The summed E-state index contributed by atoms with van der Waals surface area (Å²) in [5.74, 6) is 0.545. The Bertz CT molecular complexity index is 826. The lowest BCUT2D eigenvalue weighted by molar-refractivity contribution is 0.624. The van der Waals surface area contributed by atoms with Crippen LogP contribution in [0, 0.1) is 13.8 Å². The topological polar surface area (TPSA) is 68.8 Å². The van der Waals surface area contributed by atoms with E-state index in [4.69, 9.17) is 0 Å². The molecule has 0 bridgehead atoms. The molecule has 9 heteroatoms. The van der Waals surface area contributed by atoms with E-state index in [1.807, 2.05) is 19.1 Å². The molecule has 0 unspecified atom stereocenters. The van der Waals surface area contributed by atoms with E-state index in [0.717, 1.165) is 15.8 Å². The largest absolute Gasteiger partial charge is 0.677 e. The van der Waals surface area contributed by atoms with Crippen LogP contribution in [-0.2, 0) is 6.42 Å². The quantitative estimate of drug-likeness (QED) is 0.791. The first kappa shape index (κ1) is 16.2. The lowest BCUT2D eigenvalue weighted by Gasteiger charge is -2.05. The van der Waals surface area contributed by atoms with Crippen LogP contribution in [0.2, 0.25) is 0 Å². The summed E-state index contributed by atoms with van der Waals surface area (Å²) in [5.41, 5.74) is 3.30. The zero-order chi connectivity index (χ0) is 17.1. The van der Waals surface area contributed by atoms with Crippen LogP contribution in [0.4, 0.5) is 8.63 Å². The second kappa shape index (κ2) is 6.82. The first-order valence-electron chi connectivity index (χ1n) is 7.48. The molecule has 6 nitrogen and oxygen atoms in total. The van der Waals surface area contributed by atoms with Gasteiger partial charge in [-0.15, -0.1) is 20.4 Å². The Hall–Kier alpha value is -2.71. The number of hydrogen-bond acceptors (Lipinski definition) is 5. The number of halogens is 2. The average molecular weight is 328 g/mol. The highest BCUT2D eigenvalue weighted by atomic mass is 19.2. The molecule has 2 aromatic rings. The maximum Gasteiger partial charge on any atom is 0.677 e. The van der Waals surface area contributed by atoms with Crippen LogP contribution in [0.15, 0.2) is 35.2 Å². The van der Waals surface area contributed by atoms with Gasteiger partial charge < -0.3 is 4.48 Å². The minimum Gasteiger partial charge on any atom is -0.329 e. The number of aliphatic imine (C=N–C) groups is 1. The summed E-state index contributed by atoms with van der Waals surface area (Å²) in [6, 6.07) is 1.74. The molecule has 0 aromatic carbocycles. The third-order valence-electron chi connectivity index (χ3n) is 3.72. The van der Waals surface area contributed by atoms with Crippen molar-refractivity contribution in [3.63, 3.8) is 0 Å². The number of nitrogens with zero attached hydrogens (tertiary/aromatic N) is 6. The Morgan fingerprint density at radius 1 is 1.12 bits per heavy atom. The van der Waals surface area contributed by atoms with E-state index < -0.39 is 7.40 Å². The molecule has 2 aromatic heterocycles. The summed E-state index contributed by atoms with van der Waals surface area (Å²) >= 11 is 0. The normalized spacial score (nSPS) is 15.2. The van der Waals surface area contributed by atoms with Crippen LogP contribution in [0.3, 0.4) is 0 Å². The summed E-state index contributed by atoms with van der Waals surface area (Å²) in [7, 11) is -2.57. The third kappa shape index (κ3) is 3.45. The smallest absolute Gasteiger partial charge is 0.329 e. The molecule has 0 amide bonds. The van der Waals surface area contributed by atoms with Crippen molar-refractivity contribution in [2.24, 2.45) is 4.99 Å². The highest BCUT2D eigenvalue weighted by molar-refractivity contribution is 6.41. The minimum absolute atomic E-state index is 0.479. The fourth-order valence-corrected chi connectivity index (χ4v) is 2.63. The van der Waals surface area contributed by atoms with Crippen LogP contribution in [0.25, 0.3) is 6.08 Å². The molecule has 0 aliphatic carbocycles. The maximum absolute atomic E-state index is 13.2. The van der Waals surface area contributed by atoms with Gasteiger partial charge in [-0.2, -0.15) is 0 Å². The highest BCUT2D eigenvalue weighted by Crippen LogP contribution is 2.22. The van der Waals surface area contributed by atoms with Gasteiger partial charge in [-0.1, -0.05) is 0 Å².